The van der Waals surface area contributed by atoms with Crippen molar-refractivity contribution in [2.75, 3.05) is 11.9 Å². The van der Waals surface area contributed by atoms with E-state index >= 15 is 0 Å². The Labute approximate surface area is 142 Å². The fraction of sp³-hybridized carbons (Fsp3) is 0.571. The topological polar surface area (TPSA) is 98.5 Å². The van der Waals surface area contributed by atoms with E-state index in [0.29, 0.717) is 25.2 Å². The number of alkyl halides is 3. The second-order valence-electron chi connectivity index (χ2n) is 5.60. The van der Waals surface area contributed by atoms with E-state index in [1.807, 2.05) is 6.92 Å². The number of nitrogens with one attached hydrogen (secondary N) is 1. The van der Waals surface area contributed by atoms with Crippen LogP contribution in [-0.2, 0) is 14.6 Å². The van der Waals surface area contributed by atoms with Crippen LogP contribution in [0.1, 0.15) is 26.2 Å². The van der Waals surface area contributed by atoms with E-state index < -0.39 is 30.9 Å². The molecule has 1 saturated heterocycles. The number of rotatable bonds is 6. The Bertz CT molecular complexity index is 745. The molecule has 1 aromatic carbocycles. The number of nitro benzene ring substituents is 1. The quantitative estimate of drug-likeness (QED) is 0.599. The molecule has 0 bridgehead atoms. The summed E-state index contributed by atoms with van der Waals surface area (Å²) in [6, 6.07) is 1.84. The van der Waals surface area contributed by atoms with E-state index in [2.05, 4.69) is 5.32 Å². The van der Waals surface area contributed by atoms with Crippen LogP contribution >= 0.6 is 0 Å². The molecule has 0 aliphatic carbocycles. The first kappa shape index (κ1) is 19.4. The highest BCUT2D eigenvalue weighted by Gasteiger charge is 2.47. The molecular formula is C14H17F3N2O5S. The average molecular weight is 382 g/mol. The lowest BCUT2D eigenvalue weighted by molar-refractivity contribution is -0.384. The predicted octanol–water partition coefficient (Wildman–Crippen LogP) is 3.26. The molecule has 7 nitrogen and oxygen atoms in total. The Morgan fingerprint density at radius 2 is 2.12 bits per heavy atom. The van der Waals surface area contributed by atoms with Crippen LogP contribution in [0.3, 0.4) is 0 Å². The summed E-state index contributed by atoms with van der Waals surface area (Å²) in [6.07, 6.45) is 2.03. The molecule has 0 saturated carbocycles. The minimum absolute atomic E-state index is 0.0477. The molecule has 2 atom stereocenters. The van der Waals surface area contributed by atoms with Crippen molar-refractivity contribution in [3.05, 3.63) is 28.3 Å². The third kappa shape index (κ3) is 4.03. The van der Waals surface area contributed by atoms with Crippen LogP contribution in [0.5, 0.6) is 0 Å². The van der Waals surface area contributed by atoms with Gasteiger partial charge in [0.05, 0.1) is 22.0 Å². The molecule has 0 radical (unpaired) electrons. The number of anilines is 1. The Kier molecular flexibility index (Phi) is 5.57. The van der Waals surface area contributed by atoms with Crippen molar-refractivity contribution in [3.8, 4) is 0 Å². The van der Waals surface area contributed by atoms with Gasteiger partial charge in [-0.25, -0.2) is 8.42 Å². The fourth-order valence-corrected chi connectivity index (χ4v) is 3.44. The number of hydrogen-bond donors (Lipinski definition) is 1. The maximum absolute atomic E-state index is 12.6. The van der Waals surface area contributed by atoms with Gasteiger partial charge in [0.15, 0.2) is 0 Å². The van der Waals surface area contributed by atoms with E-state index in [4.69, 9.17) is 4.74 Å². The maximum atomic E-state index is 12.6. The standard InChI is InChI=1S/C14H17F3N2O5S/c1-2-10(13-4-3-7-24-13)18-11-6-5-9(8-12(11)19(20)21)25(22,23)14(15,16)17/h5-6,8,10,13,18H,2-4,7H2,1H3. The molecule has 0 spiro atoms. The van der Waals surface area contributed by atoms with E-state index in [1.165, 1.54) is 0 Å². The molecule has 0 aromatic heterocycles. The number of hydrogen-bond acceptors (Lipinski definition) is 6. The second-order valence-corrected chi connectivity index (χ2v) is 7.54. The van der Waals surface area contributed by atoms with E-state index in [1.54, 1.807) is 0 Å². The highest BCUT2D eigenvalue weighted by Crippen LogP contribution is 2.35. The van der Waals surface area contributed by atoms with Crippen molar-refractivity contribution in [2.24, 2.45) is 0 Å². The summed E-state index contributed by atoms with van der Waals surface area (Å²) in [5.41, 5.74) is -6.31. The number of nitro groups is 1. The second kappa shape index (κ2) is 7.16. The molecule has 1 N–H and O–H groups in total. The molecule has 0 amide bonds. The first-order valence-corrected chi connectivity index (χ1v) is 9.04. The molecule has 2 rings (SSSR count). The van der Waals surface area contributed by atoms with Gasteiger partial charge in [-0.1, -0.05) is 6.92 Å². The lowest BCUT2D eigenvalue weighted by Gasteiger charge is -2.24. The van der Waals surface area contributed by atoms with Gasteiger partial charge < -0.3 is 10.1 Å². The summed E-state index contributed by atoms with van der Waals surface area (Å²) in [6.45, 7) is 2.42. The van der Waals surface area contributed by atoms with Gasteiger partial charge >= 0.3 is 5.51 Å². The number of benzene rings is 1. The molecule has 11 heteroatoms. The molecule has 1 aliphatic rings. The average Bonchev–Trinajstić information content (AvgIpc) is 3.05. The summed E-state index contributed by atoms with van der Waals surface area (Å²) in [5, 5.41) is 14.1. The van der Waals surface area contributed by atoms with E-state index in [0.717, 1.165) is 18.9 Å². The van der Waals surface area contributed by atoms with Crippen molar-refractivity contribution < 1.29 is 31.2 Å². The molecule has 1 fully saturated rings. The van der Waals surface area contributed by atoms with E-state index in [-0.39, 0.29) is 17.8 Å². The molecular weight excluding hydrogens is 365 g/mol. The Hall–Kier alpha value is -1.88. The lowest BCUT2D eigenvalue weighted by Crippen LogP contribution is -2.32. The van der Waals surface area contributed by atoms with Crippen molar-refractivity contribution in [3.63, 3.8) is 0 Å². The molecule has 1 aliphatic heterocycles. The third-order valence-electron chi connectivity index (χ3n) is 3.98. The highest BCUT2D eigenvalue weighted by atomic mass is 32.2. The van der Waals surface area contributed by atoms with Crippen molar-refractivity contribution in [1.29, 1.82) is 0 Å². The third-order valence-corrected chi connectivity index (χ3v) is 5.46. The molecule has 1 aromatic rings. The summed E-state index contributed by atoms with van der Waals surface area (Å²) in [4.78, 5) is 9.12. The Morgan fingerprint density at radius 3 is 2.60 bits per heavy atom. The van der Waals surface area contributed by atoms with Crippen molar-refractivity contribution >= 4 is 21.2 Å². The summed E-state index contributed by atoms with van der Waals surface area (Å²) in [5.74, 6) is 0. The van der Waals surface area contributed by atoms with Crippen LogP contribution in [0, 0.1) is 10.1 Å². The lowest BCUT2D eigenvalue weighted by atomic mass is 10.0. The summed E-state index contributed by atoms with van der Waals surface area (Å²) in [7, 11) is -5.66. The monoisotopic (exact) mass is 382 g/mol. The number of sulfone groups is 1. The van der Waals surface area contributed by atoms with Crippen LogP contribution in [-0.4, -0.2) is 37.6 Å². The van der Waals surface area contributed by atoms with Gasteiger partial charge in [0.2, 0.25) is 0 Å². The largest absolute Gasteiger partial charge is 0.501 e. The zero-order chi connectivity index (χ0) is 18.8. The van der Waals surface area contributed by atoms with E-state index in [9.17, 15) is 31.7 Å². The first-order chi connectivity index (χ1) is 11.6. The van der Waals surface area contributed by atoms with Crippen LogP contribution in [0.25, 0.3) is 0 Å². The van der Waals surface area contributed by atoms with Crippen LogP contribution in [0.15, 0.2) is 23.1 Å². The first-order valence-electron chi connectivity index (χ1n) is 7.56. The zero-order valence-corrected chi connectivity index (χ0v) is 14.1. The SMILES string of the molecule is CCC(Nc1ccc(S(=O)(=O)C(F)(F)F)cc1[N+](=O)[O-])C1CCCO1. The minimum Gasteiger partial charge on any atom is -0.376 e. The van der Waals surface area contributed by atoms with Crippen molar-refractivity contribution in [2.45, 2.75) is 48.7 Å². The van der Waals surface area contributed by atoms with Gasteiger partial charge in [0.1, 0.15) is 5.69 Å². The van der Waals surface area contributed by atoms with Crippen molar-refractivity contribution in [1.82, 2.24) is 0 Å². The van der Waals surface area contributed by atoms with Crippen LogP contribution < -0.4 is 5.32 Å². The van der Waals surface area contributed by atoms with Crippen LogP contribution in [0.2, 0.25) is 0 Å². The predicted molar refractivity (Wildman–Crippen MR) is 83.0 cm³/mol. The normalized spacial score (nSPS) is 19.6. The fourth-order valence-electron chi connectivity index (χ4n) is 2.66. The Balaban J connectivity index is 2.38. The number of nitrogens with zero attached hydrogens (tertiary/aromatic N) is 1. The summed E-state index contributed by atoms with van der Waals surface area (Å²) < 4.78 is 66.3. The van der Waals surface area contributed by atoms with Gasteiger partial charge in [-0.2, -0.15) is 13.2 Å². The van der Waals surface area contributed by atoms with Gasteiger partial charge in [0.25, 0.3) is 15.5 Å². The number of halogens is 3. The smallest absolute Gasteiger partial charge is 0.376 e. The minimum atomic E-state index is -5.66. The van der Waals surface area contributed by atoms with Gasteiger partial charge in [-0.05, 0) is 31.4 Å². The van der Waals surface area contributed by atoms with Gasteiger partial charge in [-0.3, -0.25) is 10.1 Å². The van der Waals surface area contributed by atoms with Gasteiger partial charge in [-0.15, -0.1) is 0 Å². The highest BCUT2D eigenvalue weighted by molar-refractivity contribution is 7.92. The maximum Gasteiger partial charge on any atom is 0.501 e. The molecule has 140 valence electrons. The Morgan fingerprint density at radius 1 is 1.44 bits per heavy atom. The molecule has 25 heavy (non-hydrogen) atoms. The number of ether oxygens (including phenoxy) is 1. The summed E-state index contributed by atoms with van der Waals surface area (Å²) >= 11 is 0. The molecule has 1 heterocycles. The van der Waals surface area contributed by atoms with Crippen LogP contribution in [0.4, 0.5) is 24.5 Å². The van der Waals surface area contributed by atoms with Gasteiger partial charge in [0, 0.05) is 12.7 Å². The molecule has 2 unspecified atom stereocenters. The zero-order valence-electron chi connectivity index (χ0n) is 13.2.